The summed E-state index contributed by atoms with van der Waals surface area (Å²) in [4.78, 5) is 18.5. The van der Waals surface area contributed by atoms with E-state index in [0.717, 1.165) is 11.3 Å². The second-order valence-corrected chi connectivity index (χ2v) is 6.00. The highest BCUT2D eigenvalue weighted by molar-refractivity contribution is 6.07. The molecule has 0 spiro atoms. The molecular weight excluding hydrogens is 278 g/mol. The first kappa shape index (κ1) is 14.5. The molecule has 0 fully saturated rings. The molecule has 0 saturated heterocycles. The third kappa shape index (κ3) is 2.67. The van der Waals surface area contributed by atoms with Gasteiger partial charge in [-0.15, -0.1) is 0 Å². The van der Waals surface area contributed by atoms with Crippen LogP contribution in [-0.2, 0) is 6.54 Å². The van der Waals surface area contributed by atoms with E-state index in [1.54, 1.807) is 29.4 Å². The van der Waals surface area contributed by atoms with Crippen LogP contribution in [0, 0.1) is 0 Å². The molecule has 2 heterocycles. The number of hydrogen-bond donors (Lipinski definition) is 1. The summed E-state index contributed by atoms with van der Waals surface area (Å²) >= 11 is 0. The Morgan fingerprint density at radius 3 is 2.73 bits per heavy atom. The van der Waals surface area contributed by atoms with E-state index in [1.807, 2.05) is 32.0 Å². The van der Waals surface area contributed by atoms with Gasteiger partial charge in [-0.1, -0.05) is 6.07 Å². The topological polar surface area (TPSA) is 68.5 Å². The molecule has 1 aliphatic heterocycles. The average molecular weight is 297 g/mol. The lowest BCUT2D eigenvalue weighted by Gasteiger charge is -2.40. The number of rotatable bonds is 2. The van der Waals surface area contributed by atoms with Crippen LogP contribution in [0.4, 0.5) is 5.69 Å². The number of carbonyl (C=O) groups excluding carboxylic acids is 1. The summed E-state index contributed by atoms with van der Waals surface area (Å²) in [6, 6.07) is 9.17. The molecular formula is C17H19N3O2. The van der Waals surface area contributed by atoms with Gasteiger partial charge in [-0.2, -0.15) is 0 Å². The summed E-state index contributed by atoms with van der Waals surface area (Å²) in [6.07, 6.45) is 3.24. The third-order valence-corrected chi connectivity index (χ3v) is 3.65. The van der Waals surface area contributed by atoms with Gasteiger partial charge in [0.2, 0.25) is 0 Å². The number of ether oxygens (including phenoxy) is 1. The van der Waals surface area contributed by atoms with Crippen molar-refractivity contribution in [2.24, 2.45) is 5.73 Å². The number of amides is 1. The van der Waals surface area contributed by atoms with Crippen molar-refractivity contribution in [2.45, 2.75) is 26.0 Å². The quantitative estimate of drug-likeness (QED) is 0.924. The Balaban J connectivity index is 2.04. The van der Waals surface area contributed by atoms with Gasteiger partial charge in [0.15, 0.2) is 0 Å². The molecule has 5 nitrogen and oxygen atoms in total. The summed E-state index contributed by atoms with van der Waals surface area (Å²) in [5.74, 6) is 0.641. The summed E-state index contributed by atoms with van der Waals surface area (Å²) in [6.45, 7) is 4.87. The van der Waals surface area contributed by atoms with Crippen molar-refractivity contribution in [3.8, 4) is 5.75 Å². The Morgan fingerprint density at radius 1 is 1.32 bits per heavy atom. The number of anilines is 1. The number of fused-ring (bicyclic) bond motifs is 1. The van der Waals surface area contributed by atoms with Gasteiger partial charge in [-0.25, -0.2) is 0 Å². The molecule has 1 aromatic heterocycles. The van der Waals surface area contributed by atoms with Crippen LogP contribution in [0.15, 0.2) is 42.7 Å². The van der Waals surface area contributed by atoms with E-state index >= 15 is 0 Å². The number of pyridine rings is 1. The van der Waals surface area contributed by atoms with Crippen molar-refractivity contribution >= 4 is 11.6 Å². The van der Waals surface area contributed by atoms with Crippen molar-refractivity contribution in [2.75, 3.05) is 11.4 Å². The predicted octanol–water partition coefficient (Wildman–Crippen LogP) is 2.36. The molecule has 2 N–H and O–H groups in total. The maximum Gasteiger partial charge on any atom is 0.258 e. The molecule has 0 aliphatic carbocycles. The molecule has 1 aromatic carbocycles. The molecule has 114 valence electrons. The van der Waals surface area contributed by atoms with Crippen LogP contribution in [-0.4, -0.2) is 23.0 Å². The fourth-order valence-electron chi connectivity index (χ4n) is 2.62. The second-order valence-electron chi connectivity index (χ2n) is 6.00. The van der Waals surface area contributed by atoms with Crippen LogP contribution < -0.4 is 15.4 Å². The van der Waals surface area contributed by atoms with Gasteiger partial charge in [-0.05, 0) is 43.7 Å². The summed E-state index contributed by atoms with van der Waals surface area (Å²) in [5.41, 5.74) is 7.61. The second kappa shape index (κ2) is 5.42. The van der Waals surface area contributed by atoms with Crippen molar-refractivity contribution < 1.29 is 9.53 Å². The number of nitrogens with zero attached hydrogens (tertiary/aromatic N) is 2. The zero-order valence-corrected chi connectivity index (χ0v) is 12.7. The number of aromatic nitrogens is 1. The van der Waals surface area contributed by atoms with E-state index in [0.29, 0.717) is 24.4 Å². The molecule has 0 unspecified atom stereocenters. The van der Waals surface area contributed by atoms with E-state index < -0.39 is 5.60 Å². The highest BCUT2D eigenvalue weighted by Crippen LogP contribution is 2.38. The molecule has 1 amide bonds. The normalized spacial score (nSPS) is 15.9. The molecule has 3 rings (SSSR count). The molecule has 0 bridgehead atoms. The van der Waals surface area contributed by atoms with Crippen LogP contribution in [0.5, 0.6) is 5.75 Å². The lowest BCUT2D eigenvalue weighted by molar-refractivity contribution is 0.0836. The van der Waals surface area contributed by atoms with Crippen LogP contribution in [0.2, 0.25) is 0 Å². The maximum atomic E-state index is 12.8. The lowest BCUT2D eigenvalue weighted by atomic mass is 10.0. The van der Waals surface area contributed by atoms with E-state index in [2.05, 4.69) is 4.98 Å². The minimum Gasteiger partial charge on any atom is -0.484 e. The molecule has 0 radical (unpaired) electrons. The lowest BCUT2D eigenvalue weighted by Crippen LogP contribution is -2.49. The monoisotopic (exact) mass is 297 g/mol. The Kier molecular flexibility index (Phi) is 3.58. The standard InChI is InChI=1S/C17H19N3O2/c1-17(2)11-20(16(21)13-5-7-19-8-6-13)14-4-3-12(10-18)9-15(14)22-17/h3-9H,10-11,18H2,1-2H3. The van der Waals surface area contributed by atoms with Crippen molar-refractivity contribution in [1.82, 2.24) is 4.98 Å². The van der Waals surface area contributed by atoms with E-state index in [1.165, 1.54) is 0 Å². The zero-order valence-electron chi connectivity index (χ0n) is 12.7. The Morgan fingerprint density at radius 2 is 2.05 bits per heavy atom. The molecule has 2 aromatic rings. The van der Waals surface area contributed by atoms with Gasteiger partial charge < -0.3 is 15.4 Å². The molecule has 0 saturated carbocycles. The fourth-order valence-corrected chi connectivity index (χ4v) is 2.62. The highest BCUT2D eigenvalue weighted by atomic mass is 16.5. The largest absolute Gasteiger partial charge is 0.484 e. The van der Waals surface area contributed by atoms with Crippen molar-refractivity contribution in [1.29, 1.82) is 0 Å². The minimum atomic E-state index is -0.455. The molecule has 5 heteroatoms. The predicted molar refractivity (Wildman–Crippen MR) is 85.0 cm³/mol. The van der Waals surface area contributed by atoms with Gasteiger partial charge in [0.05, 0.1) is 12.2 Å². The Bertz CT molecular complexity index is 698. The highest BCUT2D eigenvalue weighted by Gasteiger charge is 2.35. The Labute approximate surface area is 129 Å². The van der Waals surface area contributed by atoms with Crippen LogP contribution in [0.25, 0.3) is 0 Å². The van der Waals surface area contributed by atoms with Crippen LogP contribution in [0.1, 0.15) is 29.8 Å². The van der Waals surface area contributed by atoms with Crippen molar-refractivity contribution in [3.63, 3.8) is 0 Å². The number of carbonyl (C=O) groups is 1. The Hall–Kier alpha value is -2.40. The summed E-state index contributed by atoms with van der Waals surface area (Å²) < 4.78 is 6.02. The smallest absolute Gasteiger partial charge is 0.258 e. The molecule has 0 atom stereocenters. The van der Waals surface area contributed by atoms with E-state index in [4.69, 9.17) is 10.5 Å². The van der Waals surface area contributed by atoms with Gasteiger partial charge in [-0.3, -0.25) is 9.78 Å². The average Bonchev–Trinajstić information content (AvgIpc) is 2.52. The number of benzene rings is 1. The first-order chi connectivity index (χ1) is 10.5. The third-order valence-electron chi connectivity index (χ3n) is 3.65. The van der Waals surface area contributed by atoms with Gasteiger partial charge in [0.25, 0.3) is 5.91 Å². The SMILES string of the molecule is CC1(C)CN(C(=O)c2ccncc2)c2ccc(CN)cc2O1. The fraction of sp³-hybridized carbons (Fsp3) is 0.294. The van der Waals surface area contributed by atoms with Crippen molar-refractivity contribution in [3.05, 3.63) is 53.9 Å². The zero-order chi connectivity index (χ0) is 15.7. The first-order valence-electron chi connectivity index (χ1n) is 7.24. The number of nitrogens with two attached hydrogens (primary N) is 1. The van der Waals surface area contributed by atoms with Gasteiger partial charge in [0, 0.05) is 24.5 Å². The van der Waals surface area contributed by atoms with Crippen LogP contribution in [0.3, 0.4) is 0 Å². The van der Waals surface area contributed by atoms with E-state index in [-0.39, 0.29) is 5.91 Å². The first-order valence-corrected chi connectivity index (χ1v) is 7.24. The number of hydrogen-bond acceptors (Lipinski definition) is 4. The van der Waals surface area contributed by atoms with Gasteiger partial charge >= 0.3 is 0 Å². The summed E-state index contributed by atoms with van der Waals surface area (Å²) in [7, 11) is 0. The summed E-state index contributed by atoms with van der Waals surface area (Å²) in [5, 5.41) is 0. The van der Waals surface area contributed by atoms with E-state index in [9.17, 15) is 4.79 Å². The van der Waals surface area contributed by atoms with Crippen LogP contribution >= 0.6 is 0 Å². The maximum absolute atomic E-state index is 12.8. The minimum absolute atomic E-state index is 0.0551. The molecule has 22 heavy (non-hydrogen) atoms. The molecule has 1 aliphatic rings. The van der Waals surface area contributed by atoms with Gasteiger partial charge in [0.1, 0.15) is 11.4 Å².